The van der Waals surface area contributed by atoms with Crippen molar-refractivity contribution in [2.24, 2.45) is 17.6 Å². The smallest absolute Gasteiger partial charge is 0.351 e. The maximum atomic E-state index is 11.8. The van der Waals surface area contributed by atoms with Crippen molar-refractivity contribution in [1.29, 1.82) is 0 Å². The Labute approximate surface area is 101 Å². The van der Waals surface area contributed by atoms with Crippen LogP contribution in [-0.4, -0.2) is 33.5 Å². The van der Waals surface area contributed by atoms with Crippen molar-refractivity contribution in [1.82, 2.24) is 0 Å². The van der Waals surface area contributed by atoms with Crippen LogP contribution in [-0.2, 0) is 14.3 Å². The summed E-state index contributed by atoms with van der Waals surface area (Å²) in [6.07, 6.45) is 0. The van der Waals surface area contributed by atoms with Gasteiger partial charge in [0, 0.05) is 0 Å². The van der Waals surface area contributed by atoms with Gasteiger partial charge in [-0.2, -0.15) is 0 Å². The Kier molecular flexibility index (Phi) is 4.68. The molecule has 100 valence electrons. The first-order valence-electron chi connectivity index (χ1n) is 5.37. The van der Waals surface area contributed by atoms with Gasteiger partial charge in [0.05, 0.1) is 0 Å². The minimum Gasteiger partial charge on any atom is -0.478 e. The third-order valence-electron chi connectivity index (χ3n) is 2.14. The Morgan fingerprint density at radius 2 is 1.65 bits per heavy atom. The molecule has 2 unspecified atom stereocenters. The van der Waals surface area contributed by atoms with Gasteiger partial charge in [-0.3, -0.25) is 10.5 Å². The van der Waals surface area contributed by atoms with Crippen molar-refractivity contribution in [3.8, 4) is 0 Å². The molecule has 4 N–H and O–H groups in total. The molecule has 0 aliphatic carbocycles. The molecule has 0 saturated heterocycles. The largest absolute Gasteiger partial charge is 0.478 e. The van der Waals surface area contributed by atoms with Crippen LogP contribution < -0.4 is 5.73 Å². The molecule has 6 nitrogen and oxygen atoms in total. The average Bonchev–Trinajstić information content (AvgIpc) is 1.97. The fraction of sp³-hybridized carbons (Fsp3) is 0.818. The van der Waals surface area contributed by atoms with Crippen molar-refractivity contribution < 1.29 is 24.5 Å². The number of carbonyl (C=O) groups excluding carboxylic acids is 1. The standard InChI is InChI=1S/C11H21NO5/c1-6(2)7(11(12,16)9(14)15)8(13)17-10(3,4)5/h6-7,16H,12H2,1-5H3,(H,14,15). The van der Waals surface area contributed by atoms with E-state index in [9.17, 15) is 14.7 Å². The molecule has 0 fully saturated rings. The number of hydrogen-bond donors (Lipinski definition) is 3. The third kappa shape index (κ3) is 4.32. The topological polar surface area (TPSA) is 110 Å². The van der Waals surface area contributed by atoms with Gasteiger partial charge in [0.25, 0.3) is 0 Å². The van der Waals surface area contributed by atoms with Crippen LogP contribution in [0, 0.1) is 11.8 Å². The molecule has 0 aliphatic heterocycles. The zero-order valence-electron chi connectivity index (χ0n) is 10.9. The van der Waals surface area contributed by atoms with E-state index in [4.69, 9.17) is 15.6 Å². The van der Waals surface area contributed by atoms with E-state index in [0.29, 0.717) is 0 Å². The van der Waals surface area contributed by atoms with Crippen LogP contribution in [0.4, 0.5) is 0 Å². The fourth-order valence-corrected chi connectivity index (χ4v) is 1.46. The van der Waals surface area contributed by atoms with Crippen LogP contribution in [0.3, 0.4) is 0 Å². The van der Waals surface area contributed by atoms with Gasteiger partial charge in [-0.1, -0.05) is 13.8 Å². The van der Waals surface area contributed by atoms with E-state index in [-0.39, 0.29) is 0 Å². The second-order valence-electron chi connectivity index (χ2n) is 5.39. The summed E-state index contributed by atoms with van der Waals surface area (Å²) in [5.74, 6) is -4.25. The lowest BCUT2D eigenvalue weighted by atomic mass is 9.85. The number of esters is 1. The molecular weight excluding hydrogens is 226 g/mol. The molecule has 0 bridgehead atoms. The van der Waals surface area contributed by atoms with Crippen LogP contribution >= 0.6 is 0 Å². The molecule has 6 heteroatoms. The van der Waals surface area contributed by atoms with Crippen LogP contribution in [0.5, 0.6) is 0 Å². The molecule has 0 rings (SSSR count). The monoisotopic (exact) mass is 247 g/mol. The highest BCUT2D eigenvalue weighted by Crippen LogP contribution is 2.25. The average molecular weight is 247 g/mol. The van der Waals surface area contributed by atoms with Crippen LogP contribution in [0.25, 0.3) is 0 Å². The number of ether oxygens (including phenoxy) is 1. The van der Waals surface area contributed by atoms with Crippen molar-refractivity contribution in [2.45, 2.75) is 45.9 Å². The zero-order chi connectivity index (χ0) is 14.0. The SMILES string of the molecule is CC(C)C(C(=O)OC(C)(C)C)C(N)(O)C(=O)O. The highest BCUT2D eigenvalue weighted by atomic mass is 16.6. The zero-order valence-corrected chi connectivity index (χ0v) is 10.9. The van der Waals surface area contributed by atoms with E-state index in [1.165, 1.54) is 0 Å². The molecule has 17 heavy (non-hydrogen) atoms. The predicted molar refractivity (Wildman–Crippen MR) is 60.9 cm³/mol. The summed E-state index contributed by atoms with van der Waals surface area (Å²) in [5.41, 5.74) is 1.89. The summed E-state index contributed by atoms with van der Waals surface area (Å²) in [6, 6.07) is 0. The van der Waals surface area contributed by atoms with Gasteiger partial charge in [0.15, 0.2) is 0 Å². The Hall–Kier alpha value is -1.14. The molecule has 0 aromatic rings. The van der Waals surface area contributed by atoms with Crippen molar-refractivity contribution in [3.63, 3.8) is 0 Å². The normalized spacial score (nSPS) is 17.4. The second kappa shape index (κ2) is 5.01. The lowest BCUT2D eigenvalue weighted by molar-refractivity contribution is -0.185. The van der Waals surface area contributed by atoms with Gasteiger partial charge in [0.1, 0.15) is 11.5 Å². The number of aliphatic hydroxyl groups is 1. The van der Waals surface area contributed by atoms with E-state index < -0.39 is 35.1 Å². The third-order valence-corrected chi connectivity index (χ3v) is 2.14. The van der Waals surface area contributed by atoms with E-state index in [2.05, 4.69) is 0 Å². The first-order chi connectivity index (χ1) is 7.39. The molecule has 0 heterocycles. The van der Waals surface area contributed by atoms with Gasteiger partial charge < -0.3 is 14.9 Å². The summed E-state index contributed by atoms with van der Waals surface area (Å²) in [6.45, 7) is 8.14. The lowest BCUT2D eigenvalue weighted by Crippen LogP contribution is -2.59. The van der Waals surface area contributed by atoms with Crippen LogP contribution in [0.2, 0.25) is 0 Å². The lowest BCUT2D eigenvalue weighted by Gasteiger charge is -2.32. The van der Waals surface area contributed by atoms with E-state index in [1.807, 2.05) is 0 Å². The van der Waals surface area contributed by atoms with Crippen molar-refractivity contribution >= 4 is 11.9 Å². The Balaban J connectivity index is 5.13. The van der Waals surface area contributed by atoms with Gasteiger partial charge in [-0.25, -0.2) is 4.79 Å². The maximum Gasteiger partial charge on any atom is 0.351 e. The van der Waals surface area contributed by atoms with Gasteiger partial charge in [-0.05, 0) is 26.7 Å². The van der Waals surface area contributed by atoms with Crippen molar-refractivity contribution in [2.75, 3.05) is 0 Å². The highest BCUT2D eigenvalue weighted by molar-refractivity contribution is 5.86. The summed E-state index contributed by atoms with van der Waals surface area (Å²) in [7, 11) is 0. The number of carboxylic acids is 1. The summed E-state index contributed by atoms with van der Waals surface area (Å²) in [5, 5.41) is 18.5. The van der Waals surface area contributed by atoms with Crippen molar-refractivity contribution in [3.05, 3.63) is 0 Å². The van der Waals surface area contributed by atoms with Crippen LogP contribution in [0.15, 0.2) is 0 Å². The molecule has 0 radical (unpaired) electrons. The molecular formula is C11H21NO5. The second-order valence-corrected chi connectivity index (χ2v) is 5.39. The molecule has 0 spiro atoms. The first-order valence-corrected chi connectivity index (χ1v) is 5.37. The summed E-state index contributed by atoms with van der Waals surface area (Å²) in [4.78, 5) is 22.7. The Bertz CT molecular complexity index is 303. The van der Waals surface area contributed by atoms with Gasteiger partial charge in [0.2, 0.25) is 5.72 Å². The minimum atomic E-state index is -2.63. The quantitative estimate of drug-likeness (QED) is 0.488. The summed E-state index contributed by atoms with van der Waals surface area (Å²) < 4.78 is 5.06. The molecule has 0 aromatic heterocycles. The molecule has 2 atom stereocenters. The maximum absolute atomic E-state index is 11.8. The van der Waals surface area contributed by atoms with Gasteiger partial charge in [-0.15, -0.1) is 0 Å². The Morgan fingerprint density at radius 3 is 1.88 bits per heavy atom. The van der Waals surface area contributed by atoms with E-state index in [0.717, 1.165) is 0 Å². The first kappa shape index (κ1) is 15.9. The highest BCUT2D eigenvalue weighted by Gasteiger charge is 2.48. The Morgan fingerprint density at radius 1 is 1.24 bits per heavy atom. The number of carboxylic acid groups (broad SMARTS) is 1. The van der Waals surface area contributed by atoms with E-state index in [1.54, 1.807) is 34.6 Å². The number of nitrogens with two attached hydrogens (primary N) is 1. The van der Waals surface area contributed by atoms with Crippen LogP contribution in [0.1, 0.15) is 34.6 Å². The number of hydrogen-bond acceptors (Lipinski definition) is 5. The van der Waals surface area contributed by atoms with E-state index >= 15 is 0 Å². The minimum absolute atomic E-state index is 0.462. The predicted octanol–water partition coefficient (Wildman–Crippen LogP) is 0.332. The molecule has 0 saturated carbocycles. The van der Waals surface area contributed by atoms with Gasteiger partial charge >= 0.3 is 11.9 Å². The summed E-state index contributed by atoms with van der Waals surface area (Å²) >= 11 is 0. The fourth-order valence-electron chi connectivity index (χ4n) is 1.46. The number of rotatable bonds is 4. The number of carbonyl (C=O) groups is 2. The molecule has 0 aromatic carbocycles. The molecule has 0 amide bonds. The molecule has 0 aliphatic rings. The number of aliphatic carboxylic acids is 1.